The number of carbonyl (C=O) groups is 2. The predicted molar refractivity (Wildman–Crippen MR) is 147 cm³/mol. The summed E-state index contributed by atoms with van der Waals surface area (Å²) in [6, 6.07) is 32.0. The summed E-state index contributed by atoms with van der Waals surface area (Å²) in [6.45, 7) is 0. The molecule has 4 nitrogen and oxygen atoms in total. The van der Waals surface area contributed by atoms with E-state index in [1.165, 1.54) is 17.5 Å². The average Bonchev–Trinajstić information content (AvgIpc) is 3.55. The van der Waals surface area contributed by atoms with Crippen LogP contribution in [0.3, 0.4) is 0 Å². The van der Waals surface area contributed by atoms with E-state index in [0.717, 1.165) is 40.9 Å². The smallest absolute Gasteiger partial charge is 0.255 e. The van der Waals surface area contributed by atoms with E-state index in [1.807, 2.05) is 71.6 Å². The zero-order chi connectivity index (χ0) is 24.5. The summed E-state index contributed by atoms with van der Waals surface area (Å²) in [7, 11) is 0. The molecule has 0 unspecified atom stereocenters. The Hall–Kier alpha value is -3.83. The van der Waals surface area contributed by atoms with E-state index in [9.17, 15) is 9.59 Å². The van der Waals surface area contributed by atoms with E-state index >= 15 is 0 Å². The molecule has 0 aromatic heterocycles. The zero-order valence-corrected chi connectivity index (χ0v) is 20.6. The lowest BCUT2D eigenvalue weighted by Crippen LogP contribution is -2.27. The van der Waals surface area contributed by atoms with E-state index in [1.54, 1.807) is 11.8 Å². The summed E-state index contributed by atoms with van der Waals surface area (Å²) in [6.07, 6.45) is 3.41. The van der Waals surface area contributed by atoms with Crippen molar-refractivity contribution in [1.82, 2.24) is 0 Å². The summed E-state index contributed by atoms with van der Waals surface area (Å²) in [5.74, 6) is 0.464. The van der Waals surface area contributed by atoms with Crippen LogP contribution < -0.4 is 10.2 Å². The number of rotatable bonds is 5. The van der Waals surface area contributed by atoms with Gasteiger partial charge in [-0.1, -0.05) is 60.7 Å². The highest BCUT2D eigenvalue weighted by Crippen LogP contribution is 2.43. The van der Waals surface area contributed by atoms with Crippen LogP contribution >= 0.6 is 11.8 Å². The first-order valence-corrected chi connectivity index (χ1v) is 13.3. The molecule has 0 saturated carbocycles. The van der Waals surface area contributed by atoms with Crippen LogP contribution in [0.1, 0.15) is 38.8 Å². The van der Waals surface area contributed by atoms with Crippen LogP contribution in [-0.2, 0) is 17.6 Å². The van der Waals surface area contributed by atoms with Crippen molar-refractivity contribution in [3.8, 4) is 11.1 Å². The van der Waals surface area contributed by atoms with Crippen molar-refractivity contribution in [3.05, 3.63) is 119 Å². The SMILES string of the molecule is O=C(Nc1ccc([C@H]2SCC(=O)N2c2ccc3c(c2)CCC3)cc1)c1ccc(-c2ccccc2)cc1. The number of hydrogen-bond acceptors (Lipinski definition) is 3. The molecule has 2 amide bonds. The molecule has 1 saturated heterocycles. The van der Waals surface area contributed by atoms with Crippen LogP contribution in [0.15, 0.2) is 97.1 Å². The van der Waals surface area contributed by atoms with Crippen molar-refractivity contribution in [2.24, 2.45) is 0 Å². The van der Waals surface area contributed by atoms with E-state index in [-0.39, 0.29) is 17.2 Å². The van der Waals surface area contributed by atoms with Gasteiger partial charge in [0.05, 0.1) is 5.75 Å². The lowest BCUT2D eigenvalue weighted by Gasteiger charge is -2.25. The van der Waals surface area contributed by atoms with Gasteiger partial charge in [-0.2, -0.15) is 0 Å². The number of aryl methyl sites for hydroxylation is 2. The van der Waals surface area contributed by atoms with Gasteiger partial charge in [0.25, 0.3) is 5.91 Å². The average molecular weight is 491 g/mol. The van der Waals surface area contributed by atoms with E-state index < -0.39 is 0 Å². The molecule has 1 fully saturated rings. The summed E-state index contributed by atoms with van der Waals surface area (Å²) >= 11 is 1.64. The maximum atomic E-state index is 12.8. The third kappa shape index (κ3) is 4.42. The highest BCUT2D eigenvalue weighted by atomic mass is 32.2. The second-order valence-electron chi connectivity index (χ2n) is 9.25. The topological polar surface area (TPSA) is 49.4 Å². The van der Waals surface area contributed by atoms with Gasteiger partial charge in [-0.25, -0.2) is 0 Å². The molecule has 1 heterocycles. The molecule has 4 aromatic carbocycles. The van der Waals surface area contributed by atoms with Crippen molar-refractivity contribution in [2.75, 3.05) is 16.0 Å². The monoisotopic (exact) mass is 490 g/mol. The number of thioether (sulfide) groups is 1. The van der Waals surface area contributed by atoms with E-state index in [4.69, 9.17) is 0 Å². The first-order valence-electron chi connectivity index (χ1n) is 12.3. The molecule has 4 aromatic rings. The Morgan fingerprint density at radius 2 is 1.53 bits per heavy atom. The van der Waals surface area contributed by atoms with Crippen molar-refractivity contribution < 1.29 is 9.59 Å². The van der Waals surface area contributed by atoms with Crippen LogP contribution in [-0.4, -0.2) is 17.6 Å². The number of hydrogen-bond donors (Lipinski definition) is 1. The number of nitrogens with one attached hydrogen (secondary N) is 1. The molecule has 1 atom stereocenters. The first-order chi connectivity index (χ1) is 17.7. The van der Waals surface area contributed by atoms with Gasteiger partial charge in [0.1, 0.15) is 5.37 Å². The number of benzene rings is 4. The highest BCUT2D eigenvalue weighted by molar-refractivity contribution is 8.00. The number of amides is 2. The number of carbonyl (C=O) groups excluding carboxylic acids is 2. The Morgan fingerprint density at radius 3 is 2.31 bits per heavy atom. The maximum absolute atomic E-state index is 12.8. The minimum Gasteiger partial charge on any atom is -0.322 e. The summed E-state index contributed by atoms with van der Waals surface area (Å²) in [4.78, 5) is 27.5. The van der Waals surface area contributed by atoms with Crippen molar-refractivity contribution >= 4 is 35.0 Å². The third-order valence-corrected chi connectivity index (χ3v) is 8.15. The Morgan fingerprint density at radius 1 is 0.806 bits per heavy atom. The van der Waals surface area contributed by atoms with Crippen LogP contribution in [0.2, 0.25) is 0 Å². The standard InChI is InChI=1S/C31H26N2O2S/c34-29-20-36-31(33(29)28-18-15-22-7-4-8-26(22)19-28)25-13-16-27(17-14-25)32-30(35)24-11-9-23(10-12-24)21-5-2-1-3-6-21/h1-3,5-6,9-19,31H,4,7-8,20H2,(H,32,35)/t31-/m1/s1. The minimum absolute atomic E-state index is 0.0627. The Bertz CT molecular complexity index is 1420. The zero-order valence-electron chi connectivity index (χ0n) is 19.8. The van der Waals surface area contributed by atoms with Crippen LogP contribution in [0.25, 0.3) is 11.1 Å². The largest absolute Gasteiger partial charge is 0.322 e. The fourth-order valence-corrected chi connectivity index (χ4v) is 6.21. The lowest BCUT2D eigenvalue weighted by molar-refractivity contribution is -0.115. The molecule has 178 valence electrons. The van der Waals surface area contributed by atoms with Crippen molar-refractivity contribution in [2.45, 2.75) is 24.6 Å². The fourth-order valence-electron chi connectivity index (χ4n) is 5.04. The minimum atomic E-state index is -0.146. The Balaban J connectivity index is 1.16. The van der Waals surface area contributed by atoms with Gasteiger partial charge in [0.15, 0.2) is 0 Å². The molecule has 0 bridgehead atoms. The summed E-state index contributed by atoms with van der Waals surface area (Å²) < 4.78 is 0. The van der Waals surface area contributed by atoms with Crippen LogP contribution in [0.4, 0.5) is 11.4 Å². The number of fused-ring (bicyclic) bond motifs is 1. The van der Waals surface area contributed by atoms with E-state index in [0.29, 0.717) is 11.3 Å². The molecule has 1 N–H and O–H groups in total. The van der Waals surface area contributed by atoms with Gasteiger partial charge in [-0.3, -0.25) is 14.5 Å². The molecule has 1 aliphatic carbocycles. The first kappa shape index (κ1) is 22.6. The molecule has 0 spiro atoms. The van der Waals surface area contributed by atoms with Gasteiger partial charge in [-0.15, -0.1) is 11.8 Å². The van der Waals surface area contributed by atoms with Crippen LogP contribution in [0, 0.1) is 0 Å². The quantitative estimate of drug-likeness (QED) is 0.332. The summed E-state index contributed by atoms with van der Waals surface area (Å²) in [5, 5.41) is 2.93. The molecule has 5 heteroatoms. The predicted octanol–water partition coefficient (Wildman–Crippen LogP) is 6.87. The fraction of sp³-hybridized carbons (Fsp3) is 0.161. The number of anilines is 2. The molecular formula is C31H26N2O2S. The molecule has 1 aliphatic heterocycles. The second-order valence-corrected chi connectivity index (χ2v) is 10.3. The summed E-state index contributed by atoms with van der Waals surface area (Å²) in [5.41, 5.74) is 8.34. The van der Waals surface area contributed by atoms with Gasteiger partial charge >= 0.3 is 0 Å². The molecule has 6 rings (SSSR count). The molecule has 2 aliphatic rings. The van der Waals surface area contributed by atoms with Crippen molar-refractivity contribution in [1.29, 1.82) is 0 Å². The van der Waals surface area contributed by atoms with Crippen LogP contribution in [0.5, 0.6) is 0 Å². The molecule has 36 heavy (non-hydrogen) atoms. The number of nitrogens with zero attached hydrogens (tertiary/aromatic N) is 1. The molecular weight excluding hydrogens is 464 g/mol. The van der Waals surface area contributed by atoms with Gasteiger partial charge in [0.2, 0.25) is 5.91 Å². The van der Waals surface area contributed by atoms with E-state index in [2.05, 4.69) is 35.6 Å². The van der Waals surface area contributed by atoms with Gasteiger partial charge < -0.3 is 5.32 Å². The van der Waals surface area contributed by atoms with Crippen molar-refractivity contribution in [3.63, 3.8) is 0 Å². The molecule has 0 radical (unpaired) electrons. The maximum Gasteiger partial charge on any atom is 0.255 e. The highest BCUT2D eigenvalue weighted by Gasteiger charge is 2.34. The van der Waals surface area contributed by atoms with Gasteiger partial charge in [0, 0.05) is 16.9 Å². The lowest BCUT2D eigenvalue weighted by atomic mass is 10.0. The normalized spacial score (nSPS) is 16.7. The Labute approximate surface area is 215 Å². The third-order valence-electron chi connectivity index (χ3n) is 6.94. The van der Waals surface area contributed by atoms with Gasteiger partial charge in [-0.05, 0) is 83.5 Å². The Kier molecular flexibility index (Phi) is 6.08. The second kappa shape index (κ2) is 9.67.